The molecule has 3 rings (SSSR count). The molecule has 0 aromatic rings. The summed E-state index contributed by atoms with van der Waals surface area (Å²) in [5, 5.41) is 2.84. The maximum atomic E-state index is 12.5. The number of nitrogens with two attached hydrogens (primary N) is 1. The lowest BCUT2D eigenvalue weighted by Gasteiger charge is -2.23. The number of nitrogens with zero attached hydrogens (tertiary/aromatic N) is 2. The zero-order chi connectivity index (χ0) is 16.7. The van der Waals surface area contributed by atoms with E-state index < -0.39 is 5.54 Å². The lowest BCUT2D eigenvalue weighted by Crippen LogP contribution is -2.44. The van der Waals surface area contributed by atoms with Crippen LogP contribution in [0, 0.1) is 5.41 Å². The minimum absolute atomic E-state index is 0. The zero-order valence-corrected chi connectivity index (χ0v) is 15.0. The van der Waals surface area contributed by atoms with Crippen molar-refractivity contribution in [2.24, 2.45) is 11.1 Å². The lowest BCUT2D eigenvalue weighted by molar-refractivity contribution is -0.133. The average molecular weight is 359 g/mol. The third kappa shape index (κ3) is 3.24. The van der Waals surface area contributed by atoms with Crippen LogP contribution in [0.25, 0.3) is 0 Å². The second-order valence-electron chi connectivity index (χ2n) is 7.51. The molecule has 1 atom stereocenters. The molecule has 2 aliphatic heterocycles. The molecule has 0 aromatic heterocycles. The Kier molecular flexibility index (Phi) is 5.44. The smallest absolute Gasteiger partial charge is 0.325 e. The molecule has 3 fully saturated rings. The van der Waals surface area contributed by atoms with Crippen molar-refractivity contribution in [3.63, 3.8) is 0 Å². The van der Waals surface area contributed by atoms with Crippen LogP contribution in [-0.2, 0) is 9.59 Å². The van der Waals surface area contributed by atoms with Gasteiger partial charge >= 0.3 is 6.03 Å². The van der Waals surface area contributed by atoms with E-state index in [4.69, 9.17) is 5.73 Å². The SMILES string of the molecule is CC1(CN)CCN(C(=O)CCN2C(=O)NC3(CCCC3)C2=O)C1.Cl. The van der Waals surface area contributed by atoms with E-state index in [2.05, 4.69) is 12.2 Å². The monoisotopic (exact) mass is 358 g/mol. The van der Waals surface area contributed by atoms with Crippen LogP contribution < -0.4 is 11.1 Å². The first-order chi connectivity index (χ1) is 10.9. The van der Waals surface area contributed by atoms with Crippen LogP contribution >= 0.6 is 12.4 Å². The minimum atomic E-state index is -0.689. The van der Waals surface area contributed by atoms with Gasteiger partial charge in [0, 0.05) is 26.1 Å². The van der Waals surface area contributed by atoms with Crippen molar-refractivity contribution in [1.82, 2.24) is 15.1 Å². The number of rotatable bonds is 4. The standard InChI is InChI=1S/C16H26N4O3.ClH/c1-15(10-17)7-9-19(11-15)12(21)4-8-20-13(22)16(18-14(20)23)5-2-3-6-16;/h2-11,17H2,1H3,(H,18,23);1H. The highest BCUT2D eigenvalue weighted by Crippen LogP contribution is 2.35. The predicted molar refractivity (Wildman–Crippen MR) is 91.7 cm³/mol. The van der Waals surface area contributed by atoms with Crippen LogP contribution in [0.5, 0.6) is 0 Å². The average Bonchev–Trinajstić information content (AvgIpc) is 3.20. The molecule has 8 heteroatoms. The molecule has 24 heavy (non-hydrogen) atoms. The third-order valence-electron chi connectivity index (χ3n) is 5.66. The van der Waals surface area contributed by atoms with E-state index in [1.807, 2.05) is 0 Å². The van der Waals surface area contributed by atoms with Crippen LogP contribution in [0.3, 0.4) is 0 Å². The quantitative estimate of drug-likeness (QED) is 0.728. The molecule has 2 saturated heterocycles. The van der Waals surface area contributed by atoms with E-state index >= 15 is 0 Å². The van der Waals surface area contributed by atoms with Gasteiger partial charge in [0.1, 0.15) is 5.54 Å². The highest BCUT2D eigenvalue weighted by atomic mass is 35.5. The number of carbonyl (C=O) groups excluding carboxylic acids is 3. The number of hydrogen-bond donors (Lipinski definition) is 2. The fourth-order valence-electron chi connectivity index (χ4n) is 3.97. The topological polar surface area (TPSA) is 95.7 Å². The first kappa shape index (κ1) is 19.0. The number of urea groups is 1. The van der Waals surface area contributed by atoms with Crippen LogP contribution in [0.2, 0.25) is 0 Å². The van der Waals surface area contributed by atoms with Crippen molar-refractivity contribution in [3.05, 3.63) is 0 Å². The van der Waals surface area contributed by atoms with Crippen LogP contribution in [0.1, 0.15) is 45.4 Å². The summed E-state index contributed by atoms with van der Waals surface area (Å²) in [6, 6.07) is -0.349. The molecule has 1 unspecified atom stereocenters. The van der Waals surface area contributed by atoms with Gasteiger partial charge in [-0.15, -0.1) is 12.4 Å². The molecule has 0 radical (unpaired) electrons. The van der Waals surface area contributed by atoms with Crippen molar-refractivity contribution < 1.29 is 14.4 Å². The summed E-state index contributed by atoms with van der Waals surface area (Å²) in [5.41, 5.74) is 5.06. The minimum Gasteiger partial charge on any atom is -0.342 e. The van der Waals surface area contributed by atoms with Gasteiger partial charge in [0.25, 0.3) is 5.91 Å². The molecule has 3 N–H and O–H groups in total. The number of amides is 4. The van der Waals surface area contributed by atoms with E-state index in [0.29, 0.717) is 32.5 Å². The predicted octanol–water partition coefficient (Wildman–Crippen LogP) is 0.860. The molecule has 0 bridgehead atoms. The molecule has 136 valence electrons. The molecule has 4 amide bonds. The highest BCUT2D eigenvalue weighted by molar-refractivity contribution is 6.07. The fraction of sp³-hybridized carbons (Fsp3) is 0.812. The molecule has 2 heterocycles. The van der Waals surface area contributed by atoms with Crippen molar-refractivity contribution in [1.29, 1.82) is 0 Å². The Balaban J connectivity index is 0.00000208. The van der Waals surface area contributed by atoms with Crippen molar-refractivity contribution in [3.8, 4) is 0 Å². The first-order valence-electron chi connectivity index (χ1n) is 8.51. The Bertz CT molecular complexity index is 535. The number of imide groups is 1. The first-order valence-corrected chi connectivity index (χ1v) is 8.51. The van der Waals surface area contributed by atoms with Crippen LogP contribution in [0.4, 0.5) is 4.79 Å². The van der Waals surface area contributed by atoms with Crippen molar-refractivity contribution in [2.75, 3.05) is 26.2 Å². The van der Waals surface area contributed by atoms with Gasteiger partial charge in [0.15, 0.2) is 0 Å². The second kappa shape index (κ2) is 6.88. The Hall–Kier alpha value is -1.34. The molecular formula is C16H27ClN4O3. The second-order valence-corrected chi connectivity index (χ2v) is 7.51. The summed E-state index contributed by atoms with van der Waals surface area (Å²) in [6.45, 7) is 4.18. The van der Waals surface area contributed by atoms with Gasteiger partial charge < -0.3 is 16.0 Å². The van der Waals surface area contributed by atoms with Crippen molar-refractivity contribution in [2.45, 2.75) is 51.0 Å². The molecule has 7 nitrogen and oxygen atoms in total. The van der Waals surface area contributed by atoms with E-state index in [1.165, 1.54) is 4.90 Å². The van der Waals surface area contributed by atoms with Gasteiger partial charge in [0.2, 0.25) is 5.91 Å². The van der Waals surface area contributed by atoms with E-state index in [9.17, 15) is 14.4 Å². The lowest BCUT2D eigenvalue weighted by atomic mass is 9.90. The summed E-state index contributed by atoms with van der Waals surface area (Å²) in [6.07, 6.45) is 4.44. The summed E-state index contributed by atoms with van der Waals surface area (Å²) >= 11 is 0. The highest BCUT2D eigenvalue weighted by Gasteiger charge is 2.52. The largest absolute Gasteiger partial charge is 0.342 e. The fourth-order valence-corrected chi connectivity index (χ4v) is 3.97. The van der Waals surface area contributed by atoms with E-state index in [1.54, 1.807) is 4.90 Å². The molecule has 0 aromatic carbocycles. The summed E-state index contributed by atoms with van der Waals surface area (Å²) in [4.78, 5) is 40.0. The number of carbonyl (C=O) groups is 3. The molecular weight excluding hydrogens is 332 g/mol. The Labute approximate surface area is 148 Å². The zero-order valence-electron chi connectivity index (χ0n) is 14.2. The number of nitrogens with one attached hydrogen (secondary N) is 1. The molecule has 1 aliphatic carbocycles. The Morgan fingerprint density at radius 2 is 1.92 bits per heavy atom. The van der Waals surface area contributed by atoms with Crippen LogP contribution in [0.15, 0.2) is 0 Å². The normalized spacial score (nSPS) is 28.4. The van der Waals surface area contributed by atoms with Gasteiger partial charge in [-0.2, -0.15) is 0 Å². The van der Waals surface area contributed by atoms with Gasteiger partial charge in [-0.05, 0) is 31.2 Å². The van der Waals surface area contributed by atoms with Gasteiger partial charge in [-0.25, -0.2) is 4.79 Å². The maximum Gasteiger partial charge on any atom is 0.325 e. The molecule has 1 saturated carbocycles. The molecule has 3 aliphatic rings. The maximum absolute atomic E-state index is 12.5. The van der Waals surface area contributed by atoms with E-state index in [-0.39, 0.29) is 48.6 Å². The van der Waals surface area contributed by atoms with Crippen molar-refractivity contribution >= 4 is 30.3 Å². The number of hydrogen-bond acceptors (Lipinski definition) is 4. The Morgan fingerprint density at radius 1 is 1.25 bits per heavy atom. The Morgan fingerprint density at radius 3 is 2.50 bits per heavy atom. The van der Waals surface area contributed by atoms with E-state index in [0.717, 1.165) is 19.3 Å². The number of halogens is 1. The number of likely N-dealkylation sites (tertiary alicyclic amines) is 1. The summed E-state index contributed by atoms with van der Waals surface area (Å²) < 4.78 is 0. The van der Waals surface area contributed by atoms with Gasteiger partial charge in [-0.1, -0.05) is 19.8 Å². The third-order valence-corrected chi connectivity index (χ3v) is 5.66. The van der Waals surface area contributed by atoms with Gasteiger partial charge in [-0.3, -0.25) is 14.5 Å². The van der Waals surface area contributed by atoms with Crippen LogP contribution in [-0.4, -0.2) is 59.4 Å². The summed E-state index contributed by atoms with van der Waals surface area (Å²) in [5.74, 6) is -0.156. The summed E-state index contributed by atoms with van der Waals surface area (Å²) in [7, 11) is 0. The molecule has 1 spiro atoms. The van der Waals surface area contributed by atoms with Gasteiger partial charge in [0.05, 0.1) is 0 Å².